The Hall–Kier alpha value is -4.11. The zero-order valence-electron chi connectivity index (χ0n) is 22.0. The van der Waals surface area contributed by atoms with Gasteiger partial charge in [0.1, 0.15) is 22.8 Å². The number of hydrogen-bond donors (Lipinski definition) is 1. The van der Waals surface area contributed by atoms with Crippen LogP contribution in [-0.2, 0) is 15.0 Å². The van der Waals surface area contributed by atoms with Gasteiger partial charge < -0.3 is 9.84 Å². The first-order valence-electron chi connectivity index (χ1n) is 12.2. The number of halogens is 2. The topological polar surface area (TPSA) is 79.7 Å². The van der Waals surface area contributed by atoms with Gasteiger partial charge in [0.05, 0.1) is 29.0 Å². The Morgan fingerprint density at radius 1 is 1.08 bits per heavy atom. The number of aliphatic hydroxyl groups is 1. The smallest absolute Gasteiger partial charge is 0.301 e. The summed E-state index contributed by atoms with van der Waals surface area (Å²) in [6.45, 7) is 7.90. The molecule has 1 aromatic heterocycles. The van der Waals surface area contributed by atoms with E-state index in [-0.39, 0.29) is 31.9 Å². The second kappa shape index (κ2) is 9.57. The molecule has 0 radical (unpaired) electrons. The second-order valence-corrected chi connectivity index (χ2v) is 11.5. The summed E-state index contributed by atoms with van der Waals surface area (Å²) >= 11 is 0.887. The van der Waals surface area contributed by atoms with E-state index < -0.39 is 35.1 Å². The second-order valence-electron chi connectivity index (χ2n) is 10.5. The van der Waals surface area contributed by atoms with Crippen molar-refractivity contribution in [1.82, 2.24) is 4.98 Å². The van der Waals surface area contributed by atoms with Crippen molar-refractivity contribution in [2.45, 2.75) is 39.2 Å². The van der Waals surface area contributed by atoms with Crippen LogP contribution in [0.15, 0.2) is 60.2 Å². The molecule has 0 saturated carbocycles. The number of ether oxygens (including phenoxy) is 1. The van der Waals surface area contributed by atoms with Gasteiger partial charge in [-0.1, -0.05) is 68.0 Å². The molecule has 39 heavy (non-hydrogen) atoms. The average Bonchev–Trinajstić information content (AvgIpc) is 3.41. The lowest BCUT2D eigenvalue weighted by Gasteiger charge is -2.24. The van der Waals surface area contributed by atoms with Crippen LogP contribution in [0.25, 0.3) is 16.0 Å². The standard InChI is InChI=1S/C30H26F2N2O4S/c1-15-7-6-8-16(11-15)25-23(26(35)19-12-17(30(2,3)4)9-10-21(19)38-5)27(36)28(37)34(25)29-33-24-20(32)13-18(31)14-22(24)39-29/h6-14,25,35H,1-5H3/b26-23+. The number of methoxy groups -OCH3 is 1. The van der Waals surface area contributed by atoms with E-state index in [0.29, 0.717) is 17.4 Å². The molecule has 9 heteroatoms. The number of rotatable bonds is 4. The van der Waals surface area contributed by atoms with Crippen LogP contribution in [0.4, 0.5) is 13.9 Å². The lowest BCUT2D eigenvalue weighted by Crippen LogP contribution is -2.29. The minimum absolute atomic E-state index is 0.0116. The van der Waals surface area contributed by atoms with Crippen molar-refractivity contribution in [3.8, 4) is 5.75 Å². The van der Waals surface area contributed by atoms with E-state index in [4.69, 9.17) is 4.74 Å². The monoisotopic (exact) mass is 548 g/mol. The third kappa shape index (κ3) is 4.57. The zero-order chi connectivity index (χ0) is 28.2. The molecule has 3 aromatic carbocycles. The van der Waals surface area contributed by atoms with Gasteiger partial charge in [-0.3, -0.25) is 14.5 Å². The highest BCUT2D eigenvalue weighted by molar-refractivity contribution is 7.22. The number of carbonyl (C=O) groups is 2. The number of carbonyl (C=O) groups excluding carboxylic acids is 2. The number of aliphatic hydroxyl groups excluding tert-OH is 1. The number of fused-ring (bicyclic) bond motifs is 1. The van der Waals surface area contributed by atoms with Gasteiger partial charge in [-0.25, -0.2) is 13.8 Å². The number of benzene rings is 3. The highest BCUT2D eigenvalue weighted by Crippen LogP contribution is 2.46. The Morgan fingerprint density at radius 2 is 1.82 bits per heavy atom. The molecule has 0 spiro atoms. The number of thiazole rings is 1. The van der Waals surface area contributed by atoms with Crippen molar-refractivity contribution in [2.24, 2.45) is 0 Å². The minimum atomic E-state index is -1.07. The molecule has 0 bridgehead atoms. The molecule has 1 aliphatic rings. The maximum absolute atomic E-state index is 14.5. The number of aromatic nitrogens is 1. The molecule has 1 fully saturated rings. The predicted molar refractivity (Wildman–Crippen MR) is 147 cm³/mol. The van der Waals surface area contributed by atoms with E-state index >= 15 is 0 Å². The summed E-state index contributed by atoms with van der Waals surface area (Å²) in [6.07, 6.45) is 0. The molecular weight excluding hydrogens is 522 g/mol. The fraction of sp³-hybridized carbons (Fsp3) is 0.233. The van der Waals surface area contributed by atoms with Crippen LogP contribution >= 0.6 is 11.3 Å². The molecule has 2 heterocycles. The van der Waals surface area contributed by atoms with E-state index in [0.717, 1.165) is 33.4 Å². The summed E-state index contributed by atoms with van der Waals surface area (Å²) in [7, 11) is 1.45. The zero-order valence-corrected chi connectivity index (χ0v) is 22.8. The van der Waals surface area contributed by atoms with E-state index in [9.17, 15) is 23.5 Å². The van der Waals surface area contributed by atoms with Crippen LogP contribution in [0.3, 0.4) is 0 Å². The van der Waals surface area contributed by atoms with Crippen LogP contribution in [0.5, 0.6) is 5.75 Å². The number of hydrogen-bond acceptors (Lipinski definition) is 6. The number of amides is 1. The van der Waals surface area contributed by atoms with Gasteiger partial charge in [0.15, 0.2) is 10.9 Å². The summed E-state index contributed by atoms with van der Waals surface area (Å²) in [5.41, 5.74) is 2.02. The van der Waals surface area contributed by atoms with Crippen LogP contribution < -0.4 is 9.64 Å². The molecule has 200 valence electrons. The normalized spacial score (nSPS) is 17.3. The van der Waals surface area contributed by atoms with Gasteiger partial charge in [-0.15, -0.1) is 0 Å². The molecule has 1 N–H and O–H groups in total. The Labute approximate surface area is 228 Å². The highest BCUT2D eigenvalue weighted by atomic mass is 32.1. The summed E-state index contributed by atoms with van der Waals surface area (Å²) in [6, 6.07) is 13.3. The Morgan fingerprint density at radius 3 is 2.49 bits per heavy atom. The highest BCUT2D eigenvalue weighted by Gasteiger charge is 2.48. The van der Waals surface area contributed by atoms with Crippen molar-refractivity contribution in [3.63, 3.8) is 0 Å². The van der Waals surface area contributed by atoms with E-state index in [1.54, 1.807) is 30.3 Å². The van der Waals surface area contributed by atoms with Crippen molar-refractivity contribution in [1.29, 1.82) is 0 Å². The number of ketones is 1. The molecule has 6 nitrogen and oxygen atoms in total. The molecule has 1 unspecified atom stereocenters. The summed E-state index contributed by atoms with van der Waals surface area (Å²) in [4.78, 5) is 32.5. The van der Waals surface area contributed by atoms with Gasteiger partial charge >= 0.3 is 5.91 Å². The molecule has 1 atom stereocenters. The average molecular weight is 549 g/mol. The van der Waals surface area contributed by atoms with Crippen LogP contribution in [-0.4, -0.2) is 28.9 Å². The molecular formula is C30H26F2N2O4S. The lowest BCUT2D eigenvalue weighted by molar-refractivity contribution is -0.132. The first kappa shape index (κ1) is 26.5. The summed E-state index contributed by atoms with van der Waals surface area (Å²) in [5.74, 6) is -3.59. The van der Waals surface area contributed by atoms with Crippen molar-refractivity contribution >= 4 is 44.1 Å². The minimum Gasteiger partial charge on any atom is -0.507 e. The molecule has 0 aliphatic carbocycles. The Bertz CT molecular complexity index is 1690. The van der Waals surface area contributed by atoms with Crippen LogP contribution in [0, 0.1) is 18.6 Å². The molecule has 1 amide bonds. The Kier molecular flexibility index (Phi) is 6.50. The van der Waals surface area contributed by atoms with Gasteiger partial charge in [-0.2, -0.15) is 0 Å². The lowest BCUT2D eigenvalue weighted by atomic mass is 9.85. The first-order valence-corrected chi connectivity index (χ1v) is 13.0. The maximum Gasteiger partial charge on any atom is 0.301 e. The largest absolute Gasteiger partial charge is 0.507 e. The van der Waals surface area contributed by atoms with Gasteiger partial charge in [0.2, 0.25) is 0 Å². The van der Waals surface area contributed by atoms with Gasteiger partial charge in [-0.05, 0) is 41.7 Å². The Balaban J connectivity index is 1.78. The number of anilines is 1. The van der Waals surface area contributed by atoms with E-state index in [1.165, 1.54) is 7.11 Å². The third-order valence-corrected chi connectivity index (χ3v) is 7.73. The maximum atomic E-state index is 14.5. The predicted octanol–water partition coefficient (Wildman–Crippen LogP) is 6.82. The summed E-state index contributed by atoms with van der Waals surface area (Å²) in [5, 5.41) is 11.7. The number of aryl methyl sites for hydroxylation is 1. The molecule has 1 saturated heterocycles. The number of Topliss-reactive ketones (excluding diaryl/α,β-unsaturated/α-hetero) is 1. The van der Waals surface area contributed by atoms with Gasteiger partial charge in [0, 0.05) is 6.07 Å². The molecule has 4 aromatic rings. The third-order valence-electron chi connectivity index (χ3n) is 6.73. The SMILES string of the molecule is COc1ccc(C(C)(C)C)cc1/C(O)=C1\C(=O)C(=O)N(c2nc3c(F)cc(F)cc3s2)C1c1cccc(C)c1. The van der Waals surface area contributed by atoms with Crippen LogP contribution in [0.1, 0.15) is 49.1 Å². The number of nitrogens with zero attached hydrogens (tertiary/aromatic N) is 2. The quantitative estimate of drug-likeness (QED) is 0.172. The van der Waals surface area contributed by atoms with Crippen molar-refractivity contribution in [3.05, 3.63) is 94.1 Å². The van der Waals surface area contributed by atoms with Crippen molar-refractivity contribution < 1.29 is 28.2 Å². The van der Waals surface area contributed by atoms with E-state index in [1.807, 2.05) is 39.8 Å². The fourth-order valence-electron chi connectivity index (χ4n) is 4.74. The van der Waals surface area contributed by atoms with Crippen LogP contribution in [0.2, 0.25) is 0 Å². The van der Waals surface area contributed by atoms with Gasteiger partial charge in [0.25, 0.3) is 5.78 Å². The van der Waals surface area contributed by atoms with Crippen molar-refractivity contribution in [2.75, 3.05) is 12.0 Å². The summed E-state index contributed by atoms with van der Waals surface area (Å²) < 4.78 is 34.1. The van der Waals surface area contributed by atoms with E-state index in [2.05, 4.69) is 4.98 Å². The molecule has 1 aliphatic heterocycles. The fourth-order valence-corrected chi connectivity index (χ4v) is 5.77. The first-order chi connectivity index (χ1) is 18.4. The molecule has 5 rings (SSSR count).